The van der Waals surface area contributed by atoms with E-state index in [1.54, 1.807) is 6.92 Å². The first-order valence-electron chi connectivity index (χ1n) is 4.93. The molecule has 88 valence electrons. The van der Waals surface area contributed by atoms with Crippen molar-refractivity contribution in [3.05, 3.63) is 0 Å². The number of esters is 1. The van der Waals surface area contributed by atoms with Gasteiger partial charge >= 0.3 is 5.97 Å². The van der Waals surface area contributed by atoms with Gasteiger partial charge < -0.3 is 4.74 Å². The smallest absolute Gasteiger partial charge is 0.315 e. The molecule has 0 aromatic heterocycles. The summed E-state index contributed by atoms with van der Waals surface area (Å²) in [5, 5.41) is -0.274. The lowest BCUT2D eigenvalue weighted by molar-refractivity contribution is -0.139. The van der Waals surface area contributed by atoms with E-state index in [-0.39, 0.29) is 22.9 Å². The van der Waals surface area contributed by atoms with Crippen LogP contribution >= 0.6 is 11.8 Å². The number of nitrogens with one attached hydrogen (secondary N) is 1. The molecule has 0 aliphatic rings. The average Bonchev–Trinajstić information content (AvgIpc) is 2.23. The highest BCUT2D eigenvalue weighted by Crippen LogP contribution is 2.16. The van der Waals surface area contributed by atoms with Gasteiger partial charge in [0.05, 0.1) is 17.6 Å². The second-order valence-corrected chi connectivity index (χ2v) is 4.09. The largest absolute Gasteiger partial charge is 0.465 e. The van der Waals surface area contributed by atoms with Gasteiger partial charge in [-0.15, -0.1) is 11.8 Å². The Labute approximate surface area is 94.1 Å². The molecular formula is C9H18N2O3S. The molecule has 6 heteroatoms. The van der Waals surface area contributed by atoms with E-state index in [2.05, 4.69) is 5.43 Å². The first kappa shape index (κ1) is 14.2. The number of thioether (sulfide) groups is 1. The number of hydrogen-bond acceptors (Lipinski definition) is 5. The molecule has 1 atom stereocenters. The third kappa shape index (κ3) is 6.35. The number of hydrazine groups is 1. The summed E-state index contributed by atoms with van der Waals surface area (Å²) in [5.41, 5.74) is 2.09. The third-order valence-corrected chi connectivity index (χ3v) is 2.95. The summed E-state index contributed by atoms with van der Waals surface area (Å²) >= 11 is 1.26. The predicted molar refractivity (Wildman–Crippen MR) is 60.1 cm³/mol. The minimum Gasteiger partial charge on any atom is -0.465 e. The normalized spacial score (nSPS) is 11.9. The molecule has 3 N–H and O–H groups in total. The molecule has 1 unspecified atom stereocenters. The third-order valence-electron chi connectivity index (χ3n) is 1.69. The highest BCUT2D eigenvalue weighted by atomic mass is 32.2. The van der Waals surface area contributed by atoms with Crippen LogP contribution in [0, 0.1) is 0 Å². The number of nitrogens with two attached hydrogens (primary N) is 1. The molecule has 0 bridgehead atoms. The van der Waals surface area contributed by atoms with Gasteiger partial charge in [0, 0.05) is 0 Å². The van der Waals surface area contributed by atoms with Crippen LogP contribution in [0.2, 0.25) is 0 Å². The van der Waals surface area contributed by atoms with Crippen LogP contribution in [0.1, 0.15) is 26.7 Å². The van der Waals surface area contributed by atoms with Crippen molar-refractivity contribution in [1.82, 2.24) is 5.43 Å². The molecule has 1 amide bonds. The van der Waals surface area contributed by atoms with Crippen LogP contribution in [0.4, 0.5) is 0 Å². The molecule has 0 spiro atoms. The number of hydrogen-bond donors (Lipinski definition) is 2. The number of ether oxygens (including phenoxy) is 1. The summed E-state index contributed by atoms with van der Waals surface area (Å²) in [6, 6.07) is 0. The Balaban J connectivity index is 3.95. The van der Waals surface area contributed by atoms with Gasteiger partial charge in [-0.2, -0.15) is 0 Å². The monoisotopic (exact) mass is 234 g/mol. The summed E-state index contributed by atoms with van der Waals surface area (Å²) in [6.07, 6.45) is 1.57. The second kappa shape index (κ2) is 8.55. The van der Waals surface area contributed by atoms with Crippen LogP contribution in [0.3, 0.4) is 0 Å². The van der Waals surface area contributed by atoms with Crippen LogP contribution in [0.15, 0.2) is 0 Å². The van der Waals surface area contributed by atoms with Crippen molar-refractivity contribution < 1.29 is 14.3 Å². The summed E-state index contributed by atoms with van der Waals surface area (Å²) in [6.45, 7) is 4.08. The minimum absolute atomic E-state index is 0.186. The van der Waals surface area contributed by atoms with Crippen molar-refractivity contribution in [1.29, 1.82) is 0 Å². The van der Waals surface area contributed by atoms with Crippen molar-refractivity contribution in [2.75, 3.05) is 12.4 Å². The minimum atomic E-state index is -0.298. The first-order valence-corrected chi connectivity index (χ1v) is 5.98. The Morgan fingerprint density at radius 3 is 2.60 bits per heavy atom. The van der Waals surface area contributed by atoms with Gasteiger partial charge in [-0.3, -0.25) is 15.0 Å². The standard InChI is InChI=1S/C9H18N2O3S/c1-3-5-7(9(13)11-10)15-6-8(12)14-4-2/h7H,3-6,10H2,1-2H3,(H,11,13). The zero-order chi connectivity index (χ0) is 11.7. The average molecular weight is 234 g/mol. The van der Waals surface area contributed by atoms with Crippen molar-refractivity contribution in [3.63, 3.8) is 0 Å². The van der Waals surface area contributed by atoms with E-state index in [9.17, 15) is 9.59 Å². The van der Waals surface area contributed by atoms with E-state index in [4.69, 9.17) is 10.6 Å². The molecule has 0 fully saturated rings. The van der Waals surface area contributed by atoms with Gasteiger partial charge in [0.15, 0.2) is 0 Å². The fourth-order valence-corrected chi connectivity index (χ4v) is 2.06. The summed E-state index contributed by atoms with van der Waals surface area (Å²) in [7, 11) is 0. The lowest BCUT2D eigenvalue weighted by atomic mass is 10.2. The number of rotatable bonds is 7. The van der Waals surface area contributed by atoms with Crippen LogP contribution in [0.25, 0.3) is 0 Å². The van der Waals surface area contributed by atoms with Gasteiger partial charge in [-0.25, -0.2) is 5.84 Å². The predicted octanol–water partition coefficient (Wildman–Crippen LogP) is 0.441. The molecule has 0 heterocycles. The van der Waals surface area contributed by atoms with Crippen LogP contribution in [-0.2, 0) is 14.3 Å². The molecule has 5 nitrogen and oxygen atoms in total. The van der Waals surface area contributed by atoms with Crippen molar-refractivity contribution in [3.8, 4) is 0 Å². The molecule has 15 heavy (non-hydrogen) atoms. The Morgan fingerprint density at radius 1 is 1.47 bits per heavy atom. The van der Waals surface area contributed by atoms with E-state index in [0.717, 1.165) is 6.42 Å². The van der Waals surface area contributed by atoms with E-state index < -0.39 is 0 Å². The van der Waals surface area contributed by atoms with Gasteiger partial charge in [-0.05, 0) is 13.3 Å². The molecule has 0 saturated carbocycles. The topological polar surface area (TPSA) is 81.4 Å². The molecule has 0 aliphatic heterocycles. The Bertz CT molecular complexity index is 212. The van der Waals surface area contributed by atoms with E-state index in [0.29, 0.717) is 13.0 Å². The zero-order valence-electron chi connectivity index (χ0n) is 9.12. The maximum atomic E-state index is 11.3. The summed E-state index contributed by atoms with van der Waals surface area (Å²) < 4.78 is 4.76. The van der Waals surface area contributed by atoms with Gasteiger partial charge in [-0.1, -0.05) is 13.3 Å². The van der Waals surface area contributed by atoms with Crippen LogP contribution < -0.4 is 11.3 Å². The summed E-state index contributed by atoms with van der Waals surface area (Å²) in [4.78, 5) is 22.3. The fourth-order valence-electron chi connectivity index (χ4n) is 1.02. The summed E-state index contributed by atoms with van der Waals surface area (Å²) in [5.74, 6) is 4.68. The zero-order valence-corrected chi connectivity index (χ0v) is 9.93. The van der Waals surface area contributed by atoms with E-state index in [1.807, 2.05) is 6.92 Å². The van der Waals surface area contributed by atoms with E-state index in [1.165, 1.54) is 11.8 Å². The quantitative estimate of drug-likeness (QED) is 0.289. The maximum Gasteiger partial charge on any atom is 0.315 e. The number of carbonyl (C=O) groups is 2. The van der Waals surface area contributed by atoms with Gasteiger partial charge in [0.1, 0.15) is 0 Å². The van der Waals surface area contributed by atoms with Gasteiger partial charge in [0.2, 0.25) is 5.91 Å². The van der Waals surface area contributed by atoms with Crippen molar-refractivity contribution >= 4 is 23.6 Å². The SMILES string of the molecule is CCCC(SCC(=O)OCC)C(=O)NN. The molecule has 0 saturated heterocycles. The maximum absolute atomic E-state index is 11.3. The Hall–Kier alpha value is -0.750. The molecular weight excluding hydrogens is 216 g/mol. The highest BCUT2D eigenvalue weighted by Gasteiger charge is 2.18. The number of carbonyl (C=O) groups excluding carboxylic acids is 2. The molecule has 0 aromatic carbocycles. The molecule has 0 radical (unpaired) electrons. The molecule has 0 rings (SSSR count). The van der Waals surface area contributed by atoms with Crippen molar-refractivity contribution in [2.24, 2.45) is 5.84 Å². The lowest BCUT2D eigenvalue weighted by Crippen LogP contribution is -2.38. The lowest BCUT2D eigenvalue weighted by Gasteiger charge is -2.12. The second-order valence-electron chi connectivity index (χ2n) is 2.90. The van der Waals surface area contributed by atoms with E-state index >= 15 is 0 Å². The Morgan fingerprint density at radius 2 is 2.13 bits per heavy atom. The Kier molecular flexibility index (Phi) is 8.12. The van der Waals surface area contributed by atoms with Crippen LogP contribution in [0.5, 0.6) is 0 Å². The highest BCUT2D eigenvalue weighted by molar-refractivity contribution is 8.01. The van der Waals surface area contributed by atoms with Crippen LogP contribution in [-0.4, -0.2) is 29.5 Å². The van der Waals surface area contributed by atoms with Gasteiger partial charge in [0.25, 0.3) is 0 Å². The number of amides is 1. The van der Waals surface area contributed by atoms with Crippen molar-refractivity contribution in [2.45, 2.75) is 31.9 Å². The molecule has 0 aliphatic carbocycles. The fraction of sp³-hybridized carbons (Fsp3) is 0.778. The first-order chi connectivity index (χ1) is 7.15. The molecule has 0 aromatic rings.